The van der Waals surface area contributed by atoms with Crippen LogP contribution in [0.4, 0.5) is 0 Å². The molecule has 1 aromatic heterocycles. The Morgan fingerprint density at radius 3 is 2.59 bits per heavy atom. The van der Waals surface area contributed by atoms with E-state index in [1.807, 2.05) is 4.57 Å². The standard InChI is InChI=1S/C11H21N3O2S/c1-3-5-13-8-10-7-11(17(12,15)16)9-14(10)6-4-2/h7,9,13H,3-6,8H2,1-2H3,(H2,12,15,16). The van der Waals surface area contributed by atoms with Crippen molar-refractivity contribution in [1.29, 1.82) is 0 Å². The van der Waals surface area contributed by atoms with Crippen LogP contribution in [0, 0.1) is 0 Å². The molecule has 0 aliphatic heterocycles. The van der Waals surface area contributed by atoms with Crippen molar-refractivity contribution in [2.75, 3.05) is 6.54 Å². The van der Waals surface area contributed by atoms with Gasteiger partial charge < -0.3 is 9.88 Å². The molecule has 0 saturated heterocycles. The van der Waals surface area contributed by atoms with E-state index in [0.29, 0.717) is 6.54 Å². The SMILES string of the molecule is CCCNCc1cc(S(N)(=O)=O)cn1CCC. The van der Waals surface area contributed by atoms with Gasteiger partial charge in [0, 0.05) is 25.0 Å². The molecule has 0 amide bonds. The number of nitrogens with zero attached hydrogens (tertiary/aromatic N) is 1. The van der Waals surface area contributed by atoms with Gasteiger partial charge in [-0.2, -0.15) is 0 Å². The molecule has 0 spiro atoms. The van der Waals surface area contributed by atoms with Crippen molar-refractivity contribution in [1.82, 2.24) is 9.88 Å². The lowest BCUT2D eigenvalue weighted by atomic mass is 10.4. The molecule has 0 aliphatic carbocycles. The number of primary sulfonamides is 1. The van der Waals surface area contributed by atoms with Crippen LogP contribution in [0.25, 0.3) is 0 Å². The van der Waals surface area contributed by atoms with Crippen molar-refractivity contribution >= 4 is 10.0 Å². The van der Waals surface area contributed by atoms with Gasteiger partial charge in [0.2, 0.25) is 10.0 Å². The molecule has 17 heavy (non-hydrogen) atoms. The predicted octanol–water partition coefficient (Wildman–Crippen LogP) is 1.05. The van der Waals surface area contributed by atoms with E-state index in [0.717, 1.165) is 31.6 Å². The summed E-state index contributed by atoms with van der Waals surface area (Å²) >= 11 is 0. The zero-order valence-corrected chi connectivity index (χ0v) is 11.3. The second-order valence-electron chi connectivity index (χ2n) is 4.08. The maximum absolute atomic E-state index is 11.3. The van der Waals surface area contributed by atoms with Crippen LogP contribution in [-0.4, -0.2) is 19.5 Å². The Bertz CT molecular complexity index is 451. The fraction of sp³-hybridized carbons (Fsp3) is 0.636. The lowest BCUT2D eigenvalue weighted by Gasteiger charge is -2.07. The molecule has 98 valence electrons. The Morgan fingerprint density at radius 2 is 2.06 bits per heavy atom. The molecule has 6 heteroatoms. The first-order valence-corrected chi connectivity index (χ1v) is 7.46. The topological polar surface area (TPSA) is 77.1 Å². The Hall–Kier alpha value is -0.850. The molecule has 1 rings (SSSR count). The van der Waals surface area contributed by atoms with Crippen LogP contribution in [0.15, 0.2) is 17.2 Å². The lowest BCUT2D eigenvalue weighted by Crippen LogP contribution is -2.16. The molecule has 0 bridgehead atoms. The van der Waals surface area contributed by atoms with Gasteiger partial charge in [-0.15, -0.1) is 0 Å². The van der Waals surface area contributed by atoms with Crippen LogP contribution in [0.3, 0.4) is 0 Å². The molecule has 3 N–H and O–H groups in total. The molecule has 0 saturated carbocycles. The van der Waals surface area contributed by atoms with Crippen LogP contribution in [0.1, 0.15) is 32.4 Å². The summed E-state index contributed by atoms with van der Waals surface area (Å²) in [6.45, 7) is 6.54. The number of nitrogens with one attached hydrogen (secondary N) is 1. The predicted molar refractivity (Wildman–Crippen MR) is 68.1 cm³/mol. The average Bonchev–Trinajstić information content (AvgIpc) is 2.62. The van der Waals surface area contributed by atoms with E-state index < -0.39 is 10.0 Å². The maximum Gasteiger partial charge on any atom is 0.239 e. The van der Waals surface area contributed by atoms with Crippen LogP contribution in [0.5, 0.6) is 0 Å². The van der Waals surface area contributed by atoms with Gasteiger partial charge in [-0.25, -0.2) is 13.6 Å². The Balaban J connectivity index is 2.89. The van der Waals surface area contributed by atoms with E-state index in [9.17, 15) is 8.42 Å². The molecule has 0 fully saturated rings. The molecule has 0 aromatic carbocycles. The molecule has 0 aliphatic rings. The van der Waals surface area contributed by atoms with Gasteiger partial charge >= 0.3 is 0 Å². The van der Waals surface area contributed by atoms with Crippen molar-refractivity contribution < 1.29 is 8.42 Å². The molecule has 1 heterocycles. The van der Waals surface area contributed by atoms with E-state index in [1.54, 1.807) is 12.3 Å². The van der Waals surface area contributed by atoms with E-state index in [-0.39, 0.29) is 4.90 Å². The number of aryl methyl sites for hydroxylation is 1. The van der Waals surface area contributed by atoms with E-state index >= 15 is 0 Å². The minimum atomic E-state index is -3.60. The first kappa shape index (κ1) is 14.2. The molecule has 0 unspecified atom stereocenters. The minimum absolute atomic E-state index is 0.194. The zero-order valence-electron chi connectivity index (χ0n) is 10.4. The van der Waals surface area contributed by atoms with Crippen LogP contribution < -0.4 is 10.5 Å². The van der Waals surface area contributed by atoms with Crippen molar-refractivity contribution in [3.8, 4) is 0 Å². The molecule has 5 nitrogen and oxygen atoms in total. The van der Waals surface area contributed by atoms with Gasteiger partial charge in [-0.05, 0) is 25.5 Å². The molecular formula is C11H21N3O2S. The normalized spacial score (nSPS) is 11.9. The van der Waals surface area contributed by atoms with Gasteiger partial charge in [0.15, 0.2) is 0 Å². The first-order chi connectivity index (χ1) is 7.99. The smallest absolute Gasteiger partial charge is 0.239 e. The van der Waals surface area contributed by atoms with Crippen molar-refractivity contribution in [2.24, 2.45) is 5.14 Å². The van der Waals surface area contributed by atoms with E-state index in [4.69, 9.17) is 5.14 Å². The highest BCUT2D eigenvalue weighted by atomic mass is 32.2. The fourth-order valence-electron chi connectivity index (χ4n) is 1.67. The highest BCUT2D eigenvalue weighted by Crippen LogP contribution is 2.13. The third-order valence-electron chi connectivity index (χ3n) is 2.49. The first-order valence-electron chi connectivity index (χ1n) is 5.91. The summed E-state index contributed by atoms with van der Waals surface area (Å²) in [5.41, 5.74) is 0.962. The number of hydrogen-bond acceptors (Lipinski definition) is 3. The average molecular weight is 259 g/mol. The number of nitrogens with two attached hydrogens (primary N) is 1. The summed E-state index contributed by atoms with van der Waals surface area (Å²) < 4.78 is 24.5. The van der Waals surface area contributed by atoms with Gasteiger partial charge in [0.25, 0.3) is 0 Å². The van der Waals surface area contributed by atoms with Gasteiger partial charge in [0.1, 0.15) is 0 Å². The number of hydrogen-bond donors (Lipinski definition) is 2. The Morgan fingerprint density at radius 1 is 1.35 bits per heavy atom. The van der Waals surface area contributed by atoms with Gasteiger partial charge in [-0.1, -0.05) is 13.8 Å². The van der Waals surface area contributed by atoms with Crippen LogP contribution in [-0.2, 0) is 23.1 Å². The van der Waals surface area contributed by atoms with Gasteiger partial charge in [0.05, 0.1) is 4.90 Å². The summed E-state index contributed by atoms with van der Waals surface area (Å²) in [7, 11) is -3.60. The lowest BCUT2D eigenvalue weighted by molar-refractivity contribution is 0.593. The summed E-state index contributed by atoms with van der Waals surface area (Å²) in [6, 6.07) is 1.65. The number of sulfonamides is 1. The summed E-state index contributed by atoms with van der Waals surface area (Å²) in [5, 5.41) is 8.39. The number of aromatic nitrogens is 1. The monoisotopic (exact) mass is 259 g/mol. The molecule has 1 aromatic rings. The number of rotatable bonds is 7. The van der Waals surface area contributed by atoms with Crippen molar-refractivity contribution in [3.05, 3.63) is 18.0 Å². The van der Waals surface area contributed by atoms with E-state index in [2.05, 4.69) is 19.2 Å². The van der Waals surface area contributed by atoms with Crippen LogP contribution >= 0.6 is 0 Å². The Labute approximate surface area is 103 Å². The summed E-state index contributed by atoms with van der Waals surface area (Å²) in [6.07, 6.45) is 3.62. The second kappa shape index (κ2) is 6.18. The quantitative estimate of drug-likeness (QED) is 0.718. The zero-order chi connectivity index (χ0) is 12.9. The second-order valence-corrected chi connectivity index (χ2v) is 5.64. The van der Waals surface area contributed by atoms with Crippen molar-refractivity contribution in [3.63, 3.8) is 0 Å². The van der Waals surface area contributed by atoms with Gasteiger partial charge in [-0.3, -0.25) is 0 Å². The minimum Gasteiger partial charge on any atom is -0.349 e. The molecule has 0 atom stereocenters. The van der Waals surface area contributed by atoms with Crippen molar-refractivity contribution in [2.45, 2.75) is 44.7 Å². The van der Waals surface area contributed by atoms with E-state index in [1.165, 1.54) is 0 Å². The highest BCUT2D eigenvalue weighted by Gasteiger charge is 2.13. The third-order valence-corrected chi connectivity index (χ3v) is 3.37. The third kappa shape index (κ3) is 4.14. The highest BCUT2D eigenvalue weighted by molar-refractivity contribution is 7.89. The molecular weight excluding hydrogens is 238 g/mol. The van der Waals surface area contributed by atoms with Crippen LogP contribution in [0.2, 0.25) is 0 Å². The maximum atomic E-state index is 11.3. The summed E-state index contributed by atoms with van der Waals surface area (Å²) in [4.78, 5) is 0.194. The summed E-state index contributed by atoms with van der Waals surface area (Å²) in [5.74, 6) is 0. The fourth-order valence-corrected chi connectivity index (χ4v) is 2.25. The Kier molecular flexibility index (Phi) is 5.17. The largest absolute Gasteiger partial charge is 0.349 e. The molecule has 0 radical (unpaired) electrons.